The molecule has 2 aromatic rings. The van der Waals surface area contributed by atoms with Crippen LogP contribution in [-0.4, -0.2) is 16.6 Å². The van der Waals surface area contributed by atoms with Crippen molar-refractivity contribution in [1.29, 1.82) is 0 Å². The molecule has 0 saturated heterocycles. The van der Waals surface area contributed by atoms with E-state index in [0.717, 1.165) is 4.47 Å². The lowest BCUT2D eigenvalue weighted by molar-refractivity contribution is 0.342. The van der Waals surface area contributed by atoms with Crippen LogP contribution in [0.4, 0.5) is 10.1 Å². The standard InChI is InChI=1S/C14H13BrFNO2S/c15-10-1-4-12(5-2-10)19-7-8-20(18)14-9-11(16)3-6-13(14)17/h1-6,9H,7-8,17H2. The van der Waals surface area contributed by atoms with Crippen LogP contribution in [-0.2, 0) is 10.8 Å². The van der Waals surface area contributed by atoms with Crippen molar-refractivity contribution in [2.24, 2.45) is 0 Å². The van der Waals surface area contributed by atoms with Gasteiger partial charge in [-0.3, -0.25) is 4.21 Å². The molecule has 0 saturated carbocycles. The molecule has 0 aliphatic heterocycles. The zero-order valence-corrected chi connectivity index (χ0v) is 12.9. The van der Waals surface area contributed by atoms with E-state index in [9.17, 15) is 8.60 Å². The Kier molecular flexibility index (Phi) is 5.14. The Morgan fingerprint density at radius 3 is 2.60 bits per heavy atom. The third kappa shape index (κ3) is 4.05. The van der Waals surface area contributed by atoms with Crippen molar-refractivity contribution < 1.29 is 13.3 Å². The fourth-order valence-corrected chi connectivity index (χ4v) is 2.88. The van der Waals surface area contributed by atoms with E-state index < -0.39 is 16.6 Å². The topological polar surface area (TPSA) is 52.3 Å². The molecular formula is C14H13BrFNO2S. The molecule has 0 radical (unpaired) electrons. The number of hydrogen-bond donors (Lipinski definition) is 1. The summed E-state index contributed by atoms with van der Waals surface area (Å²) in [6, 6.07) is 11.2. The van der Waals surface area contributed by atoms with E-state index >= 15 is 0 Å². The van der Waals surface area contributed by atoms with Gasteiger partial charge in [-0.1, -0.05) is 15.9 Å². The number of benzene rings is 2. The Balaban J connectivity index is 1.92. The van der Waals surface area contributed by atoms with Crippen molar-refractivity contribution in [1.82, 2.24) is 0 Å². The summed E-state index contributed by atoms with van der Waals surface area (Å²) in [5.41, 5.74) is 6.01. The average molecular weight is 358 g/mol. The largest absolute Gasteiger partial charge is 0.493 e. The summed E-state index contributed by atoms with van der Waals surface area (Å²) in [7, 11) is -1.38. The molecular weight excluding hydrogens is 345 g/mol. The molecule has 0 aliphatic rings. The summed E-state index contributed by atoms with van der Waals surface area (Å²) < 4.78 is 31.6. The van der Waals surface area contributed by atoms with Crippen LogP contribution in [0.5, 0.6) is 5.75 Å². The monoisotopic (exact) mass is 357 g/mol. The van der Waals surface area contributed by atoms with Gasteiger partial charge in [-0.15, -0.1) is 0 Å². The summed E-state index contributed by atoms with van der Waals surface area (Å²) in [5, 5.41) is 0. The van der Waals surface area contributed by atoms with E-state index in [2.05, 4.69) is 15.9 Å². The quantitative estimate of drug-likeness (QED) is 0.834. The second-order valence-corrected chi connectivity index (χ2v) is 6.49. The van der Waals surface area contributed by atoms with Gasteiger partial charge in [0.15, 0.2) is 0 Å². The van der Waals surface area contributed by atoms with Gasteiger partial charge in [-0.25, -0.2) is 4.39 Å². The van der Waals surface area contributed by atoms with Crippen LogP contribution in [0.3, 0.4) is 0 Å². The highest BCUT2D eigenvalue weighted by Gasteiger charge is 2.09. The zero-order valence-electron chi connectivity index (χ0n) is 10.5. The van der Waals surface area contributed by atoms with Crippen molar-refractivity contribution >= 4 is 32.4 Å². The minimum atomic E-state index is -1.38. The van der Waals surface area contributed by atoms with Crippen molar-refractivity contribution in [3.63, 3.8) is 0 Å². The van der Waals surface area contributed by atoms with Gasteiger partial charge in [-0.2, -0.15) is 0 Å². The van der Waals surface area contributed by atoms with E-state index in [4.69, 9.17) is 10.5 Å². The highest BCUT2D eigenvalue weighted by atomic mass is 79.9. The van der Waals surface area contributed by atoms with Crippen molar-refractivity contribution in [3.05, 3.63) is 52.8 Å². The average Bonchev–Trinajstić information content (AvgIpc) is 2.43. The van der Waals surface area contributed by atoms with Gasteiger partial charge in [0, 0.05) is 10.2 Å². The Hall–Kier alpha value is -1.40. The summed E-state index contributed by atoms with van der Waals surface area (Å²) >= 11 is 3.33. The number of nitrogen functional groups attached to an aromatic ring is 1. The van der Waals surface area contributed by atoms with Crippen LogP contribution in [0.15, 0.2) is 51.8 Å². The Bertz CT molecular complexity index is 619. The molecule has 1 atom stereocenters. The smallest absolute Gasteiger partial charge is 0.124 e. The predicted molar refractivity (Wildman–Crippen MR) is 81.7 cm³/mol. The molecule has 1 unspecified atom stereocenters. The summed E-state index contributed by atoms with van der Waals surface area (Å²) in [4.78, 5) is 0.310. The maximum absolute atomic E-state index is 13.1. The fraction of sp³-hybridized carbons (Fsp3) is 0.143. The predicted octanol–water partition coefficient (Wildman–Crippen LogP) is 3.36. The molecule has 0 bridgehead atoms. The second kappa shape index (κ2) is 6.85. The summed E-state index contributed by atoms with van der Waals surface area (Å²) in [6.07, 6.45) is 0. The lowest BCUT2D eigenvalue weighted by atomic mass is 10.3. The molecule has 0 aromatic heterocycles. The number of halogens is 2. The zero-order chi connectivity index (χ0) is 14.5. The second-order valence-electron chi connectivity index (χ2n) is 4.03. The first-order chi connectivity index (χ1) is 9.56. The minimum absolute atomic E-state index is 0.254. The first kappa shape index (κ1) is 15.0. The Morgan fingerprint density at radius 1 is 1.20 bits per heavy atom. The molecule has 0 heterocycles. The number of rotatable bonds is 5. The van der Waals surface area contributed by atoms with E-state index in [1.165, 1.54) is 18.2 Å². The van der Waals surface area contributed by atoms with Gasteiger partial charge >= 0.3 is 0 Å². The van der Waals surface area contributed by atoms with Crippen LogP contribution in [0, 0.1) is 5.82 Å². The summed E-state index contributed by atoms with van der Waals surface area (Å²) in [5.74, 6) is 0.498. The Labute approximate surface area is 127 Å². The minimum Gasteiger partial charge on any atom is -0.493 e. The molecule has 0 amide bonds. The van der Waals surface area contributed by atoms with Crippen LogP contribution >= 0.6 is 15.9 Å². The van der Waals surface area contributed by atoms with Gasteiger partial charge in [0.2, 0.25) is 0 Å². The highest BCUT2D eigenvalue weighted by Crippen LogP contribution is 2.19. The molecule has 2 aromatic carbocycles. The molecule has 106 valence electrons. The third-order valence-electron chi connectivity index (χ3n) is 2.57. The fourth-order valence-electron chi connectivity index (χ4n) is 1.58. The first-order valence-electron chi connectivity index (χ1n) is 5.88. The van der Waals surface area contributed by atoms with E-state index in [1.54, 1.807) is 0 Å². The molecule has 2 N–H and O–H groups in total. The number of anilines is 1. The molecule has 0 fully saturated rings. The van der Waals surface area contributed by atoms with E-state index in [0.29, 0.717) is 16.3 Å². The van der Waals surface area contributed by atoms with Crippen molar-refractivity contribution in [2.75, 3.05) is 18.1 Å². The SMILES string of the molecule is Nc1ccc(F)cc1S(=O)CCOc1ccc(Br)cc1. The number of hydrogen-bond acceptors (Lipinski definition) is 3. The normalized spacial score (nSPS) is 12.1. The van der Waals surface area contributed by atoms with Crippen LogP contribution < -0.4 is 10.5 Å². The molecule has 0 spiro atoms. The molecule has 2 rings (SSSR count). The molecule has 20 heavy (non-hydrogen) atoms. The maximum atomic E-state index is 13.1. The lowest BCUT2D eigenvalue weighted by Gasteiger charge is -2.08. The van der Waals surface area contributed by atoms with Gasteiger partial charge in [0.05, 0.1) is 21.4 Å². The van der Waals surface area contributed by atoms with Crippen LogP contribution in [0.1, 0.15) is 0 Å². The molecule has 0 aliphatic carbocycles. The summed E-state index contributed by atoms with van der Waals surface area (Å²) in [6.45, 7) is 0.268. The Morgan fingerprint density at radius 2 is 1.90 bits per heavy atom. The maximum Gasteiger partial charge on any atom is 0.124 e. The van der Waals surface area contributed by atoms with Crippen molar-refractivity contribution in [3.8, 4) is 5.75 Å². The number of nitrogens with two attached hydrogens (primary N) is 1. The van der Waals surface area contributed by atoms with Crippen LogP contribution in [0.2, 0.25) is 0 Å². The highest BCUT2D eigenvalue weighted by molar-refractivity contribution is 9.10. The van der Waals surface area contributed by atoms with Gasteiger partial charge in [0.25, 0.3) is 0 Å². The molecule has 6 heteroatoms. The third-order valence-corrected chi connectivity index (χ3v) is 4.48. The van der Waals surface area contributed by atoms with Gasteiger partial charge in [-0.05, 0) is 42.5 Å². The van der Waals surface area contributed by atoms with E-state index in [1.807, 2.05) is 24.3 Å². The first-order valence-corrected chi connectivity index (χ1v) is 7.99. The van der Waals surface area contributed by atoms with Crippen molar-refractivity contribution in [2.45, 2.75) is 4.90 Å². The van der Waals surface area contributed by atoms with Gasteiger partial charge < -0.3 is 10.5 Å². The van der Waals surface area contributed by atoms with Gasteiger partial charge in [0.1, 0.15) is 18.2 Å². The van der Waals surface area contributed by atoms with Crippen LogP contribution in [0.25, 0.3) is 0 Å². The lowest BCUT2D eigenvalue weighted by Crippen LogP contribution is -2.10. The number of ether oxygens (including phenoxy) is 1. The molecule has 3 nitrogen and oxygen atoms in total. The van der Waals surface area contributed by atoms with E-state index in [-0.39, 0.29) is 12.4 Å².